The van der Waals surface area contributed by atoms with Crippen LogP contribution in [0.4, 0.5) is 0 Å². The molecule has 0 radical (unpaired) electrons. The zero-order valence-electron chi connectivity index (χ0n) is 6.16. The van der Waals surface area contributed by atoms with E-state index in [0.29, 0.717) is 11.6 Å². The molecule has 62 valence electrons. The van der Waals surface area contributed by atoms with Crippen LogP contribution in [0.25, 0.3) is 0 Å². The van der Waals surface area contributed by atoms with Crippen molar-refractivity contribution in [3.05, 3.63) is 11.6 Å². The standard InChI is InChI=1S/C5H8N2O3S/c1-3-5(11(6,8)9)10-4(2)7-3/h1-2H3,(H2,6,8,9). The molecule has 0 aliphatic rings. The summed E-state index contributed by atoms with van der Waals surface area (Å²) < 4.78 is 26.2. The van der Waals surface area contributed by atoms with Gasteiger partial charge in [0, 0.05) is 6.92 Å². The molecule has 11 heavy (non-hydrogen) atoms. The van der Waals surface area contributed by atoms with Gasteiger partial charge in [0.15, 0.2) is 5.89 Å². The molecule has 0 aliphatic carbocycles. The van der Waals surface area contributed by atoms with Gasteiger partial charge in [-0.1, -0.05) is 0 Å². The molecule has 0 bridgehead atoms. The number of nitrogens with zero attached hydrogens (tertiary/aromatic N) is 1. The smallest absolute Gasteiger partial charge is 0.273 e. The summed E-state index contributed by atoms with van der Waals surface area (Å²) >= 11 is 0. The molecule has 0 atom stereocenters. The van der Waals surface area contributed by atoms with Gasteiger partial charge < -0.3 is 4.42 Å². The predicted octanol–water partition coefficient (Wildman–Crippen LogP) is -0.0612. The Kier molecular flexibility index (Phi) is 1.73. The second-order valence-electron chi connectivity index (χ2n) is 2.15. The average Bonchev–Trinajstić information content (AvgIpc) is 2.08. The fourth-order valence-electron chi connectivity index (χ4n) is 0.777. The third kappa shape index (κ3) is 1.58. The van der Waals surface area contributed by atoms with Crippen molar-refractivity contribution >= 4 is 10.0 Å². The van der Waals surface area contributed by atoms with Gasteiger partial charge in [0.2, 0.25) is 0 Å². The zero-order valence-corrected chi connectivity index (χ0v) is 6.97. The third-order valence-corrected chi connectivity index (χ3v) is 2.01. The molecule has 1 aromatic rings. The van der Waals surface area contributed by atoms with E-state index in [0.717, 1.165) is 0 Å². The fourth-order valence-corrected chi connectivity index (χ4v) is 1.47. The van der Waals surface area contributed by atoms with Gasteiger partial charge in [-0.15, -0.1) is 0 Å². The lowest BCUT2D eigenvalue weighted by Crippen LogP contribution is -2.12. The Hall–Kier alpha value is -0.880. The van der Waals surface area contributed by atoms with Crippen LogP contribution in [-0.2, 0) is 10.0 Å². The molecule has 2 N–H and O–H groups in total. The van der Waals surface area contributed by atoms with Gasteiger partial charge in [-0.05, 0) is 6.92 Å². The molecule has 0 aliphatic heterocycles. The third-order valence-electron chi connectivity index (χ3n) is 1.12. The SMILES string of the molecule is Cc1nc(C)c(S(N)(=O)=O)o1. The Morgan fingerprint density at radius 1 is 1.45 bits per heavy atom. The van der Waals surface area contributed by atoms with Crippen LogP contribution in [0.2, 0.25) is 0 Å². The summed E-state index contributed by atoms with van der Waals surface area (Å²) in [5, 5.41) is 4.55. The van der Waals surface area contributed by atoms with E-state index in [1.165, 1.54) is 6.92 Å². The lowest BCUT2D eigenvalue weighted by atomic mass is 10.6. The van der Waals surface area contributed by atoms with E-state index in [-0.39, 0.29) is 5.09 Å². The van der Waals surface area contributed by atoms with E-state index in [1.807, 2.05) is 0 Å². The number of aryl methyl sites for hydroxylation is 2. The van der Waals surface area contributed by atoms with Crippen molar-refractivity contribution in [2.45, 2.75) is 18.9 Å². The summed E-state index contributed by atoms with van der Waals surface area (Å²) in [7, 11) is -3.74. The van der Waals surface area contributed by atoms with Crippen LogP contribution >= 0.6 is 0 Å². The Labute approximate surface area is 64.3 Å². The zero-order chi connectivity index (χ0) is 8.65. The molecule has 0 spiro atoms. The number of primary sulfonamides is 1. The van der Waals surface area contributed by atoms with Gasteiger partial charge in [0.1, 0.15) is 0 Å². The second-order valence-corrected chi connectivity index (χ2v) is 3.61. The lowest BCUT2D eigenvalue weighted by molar-refractivity contribution is 0.421. The van der Waals surface area contributed by atoms with Crippen LogP contribution in [0.15, 0.2) is 9.51 Å². The Bertz CT molecular complexity index is 365. The Morgan fingerprint density at radius 3 is 2.18 bits per heavy atom. The first kappa shape index (κ1) is 8.22. The molecule has 0 saturated carbocycles. The molecular weight excluding hydrogens is 168 g/mol. The van der Waals surface area contributed by atoms with Gasteiger partial charge in [-0.3, -0.25) is 0 Å². The molecule has 1 rings (SSSR count). The second kappa shape index (κ2) is 2.31. The first-order valence-corrected chi connectivity index (χ1v) is 4.42. The Balaban J connectivity index is 3.36. The molecular formula is C5H8N2O3S. The van der Waals surface area contributed by atoms with Crippen LogP contribution in [0, 0.1) is 13.8 Å². The average molecular weight is 176 g/mol. The maximum Gasteiger partial charge on any atom is 0.273 e. The van der Waals surface area contributed by atoms with Crippen molar-refractivity contribution in [3.63, 3.8) is 0 Å². The summed E-state index contributed by atoms with van der Waals surface area (Å²) in [6.45, 7) is 3.08. The van der Waals surface area contributed by atoms with Crippen LogP contribution in [0.3, 0.4) is 0 Å². The summed E-state index contributed by atoms with van der Waals surface area (Å²) in [5.74, 6) is 0.298. The summed E-state index contributed by atoms with van der Waals surface area (Å²) in [4.78, 5) is 3.75. The van der Waals surface area contributed by atoms with Gasteiger partial charge in [0.05, 0.1) is 5.69 Å². The highest BCUT2D eigenvalue weighted by Gasteiger charge is 2.17. The Morgan fingerprint density at radius 2 is 2.00 bits per heavy atom. The quantitative estimate of drug-likeness (QED) is 0.649. The largest absolute Gasteiger partial charge is 0.428 e. The van der Waals surface area contributed by atoms with Crippen LogP contribution < -0.4 is 5.14 Å². The van der Waals surface area contributed by atoms with Crippen molar-refractivity contribution in [1.82, 2.24) is 4.98 Å². The summed E-state index contributed by atoms with van der Waals surface area (Å²) in [6.07, 6.45) is 0. The van der Waals surface area contributed by atoms with E-state index in [2.05, 4.69) is 4.98 Å². The highest BCUT2D eigenvalue weighted by Crippen LogP contribution is 2.13. The first-order valence-electron chi connectivity index (χ1n) is 2.88. The molecule has 6 heteroatoms. The number of nitrogens with two attached hydrogens (primary N) is 1. The minimum absolute atomic E-state index is 0.255. The summed E-state index contributed by atoms with van der Waals surface area (Å²) in [6, 6.07) is 0. The molecule has 0 amide bonds. The van der Waals surface area contributed by atoms with E-state index in [1.54, 1.807) is 6.92 Å². The van der Waals surface area contributed by atoms with Crippen molar-refractivity contribution in [1.29, 1.82) is 0 Å². The van der Waals surface area contributed by atoms with Crippen molar-refractivity contribution in [3.8, 4) is 0 Å². The summed E-state index contributed by atoms with van der Waals surface area (Å²) in [5.41, 5.74) is 0.296. The number of hydrogen-bond donors (Lipinski definition) is 1. The van der Waals surface area contributed by atoms with E-state index >= 15 is 0 Å². The van der Waals surface area contributed by atoms with Crippen LogP contribution in [0.1, 0.15) is 11.6 Å². The highest BCUT2D eigenvalue weighted by molar-refractivity contribution is 7.89. The maximum absolute atomic E-state index is 10.7. The first-order chi connectivity index (χ1) is 4.91. The minimum Gasteiger partial charge on any atom is -0.428 e. The van der Waals surface area contributed by atoms with Gasteiger partial charge in [0.25, 0.3) is 15.1 Å². The van der Waals surface area contributed by atoms with Crippen LogP contribution in [-0.4, -0.2) is 13.4 Å². The molecule has 0 fully saturated rings. The monoisotopic (exact) mass is 176 g/mol. The molecule has 1 aromatic heterocycles. The lowest BCUT2D eigenvalue weighted by Gasteiger charge is -1.89. The van der Waals surface area contributed by atoms with Gasteiger partial charge in [-0.2, -0.15) is 0 Å². The molecule has 1 heterocycles. The number of oxazole rings is 1. The molecule has 0 unspecified atom stereocenters. The maximum atomic E-state index is 10.7. The van der Waals surface area contributed by atoms with Crippen molar-refractivity contribution in [2.24, 2.45) is 5.14 Å². The van der Waals surface area contributed by atoms with Crippen molar-refractivity contribution < 1.29 is 12.8 Å². The normalized spacial score (nSPS) is 11.9. The number of rotatable bonds is 1. The topological polar surface area (TPSA) is 86.2 Å². The van der Waals surface area contributed by atoms with E-state index in [9.17, 15) is 8.42 Å². The number of sulfonamides is 1. The van der Waals surface area contributed by atoms with Gasteiger partial charge >= 0.3 is 0 Å². The van der Waals surface area contributed by atoms with Crippen LogP contribution in [0.5, 0.6) is 0 Å². The van der Waals surface area contributed by atoms with E-state index < -0.39 is 10.0 Å². The highest BCUT2D eigenvalue weighted by atomic mass is 32.2. The molecule has 0 aromatic carbocycles. The van der Waals surface area contributed by atoms with E-state index in [4.69, 9.17) is 9.56 Å². The predicted molar refractivity (Wildman–Crippen MR) is 37.4 cm³/mol. The number of hydrogen-bond acceptors (Lipinski definition) is 4. The fraction of sp³-hybridized carbons (Fsp3) is 0.400. The van der Waals surface area contributed by atoms with Crippen molar-refractivity contribution in [2.75, 3.05) is 0 Å². The molecule has 5 nitrogen and oxygen atoms in total. The molecule has 0 saturated heterocycles. The number of aromatic nitrogens is 1. The van der Waals surface area contributed by atoms with Gasteiger partial charge in [-0.25, -0.2) is 18.5 Å². The minimum atomic E-state index is -3.74.